The van der Waals surface area contributed by atoms with Crippen LogP contribution in [0.25, 0.3) is 0 Å². The molecule has 6 nitrogen and oxygen atoms in total. The summed E-state index contributed by atoms with van der Waals surface area (Å²) < 4.78 is 40.6. The first-order valence-electron chi connectivity index (χ1n) is 9.96. The van der Waals surface area contributed by atoms with Crippen LogP contribution in [0, 0.1) is 17.5 Å². The lowest BCUT2D eigenvalue weighted by atomic mass is 9.99. The van der Waals surface area contributed by atoms with E-state index in [0.29, 0.717) is 5.02 Å². The van der Waals surface area contributed by atoms with Crippen molar-refractivity contribution in [1.82, 2.24) is 5.32 Å². The fourth-order valence-electron chi connectivity index (χ4n) is 3.28. The van der Waals surface area contributed by atoms with Crippen LogP contribution in [-0.4, -0.2) is 35.2 Å². The number of carbonyl (C=O) groups is 2. The molecule has 0 aliphatic carbocycles. The number of hydrogen-bond donors (Lipinski definition) is 4. The SMILES string of the molecule is CC(Nc1c(Cl)ccc2c1CCNCC2)c1ccc(F)c(F)c1F.O=C(O)CCC(=O)O. The van der Waals surface area contributed by atoms with Gasteiger partial charge >= 0.3 is 11.9 Å². The summed E-state index contributed by atoms with van der Waals surface area (Å²) in [5, 5.41) is 22.8. The molecule has 1 unspecified atom stereocenters. The van der Waals surface area contributed by atoms with Crippen molar-refractivity contribution in [3.8, 4) is 0 Å². The van der Waals surface area contributed by atoms with E-state index in [2.05, 4.69) is 10.6 Å². The summed E-state index contributed by atoms with van der Waals surface area (Å²) in [6.45, 7) is 3.41. The quantitative estimate of drug-likeness (QED) is 0.460. The Bertz CT molecular complexity index is 974. The molecule has 1 atom stereocenters. The normalized spacial score (nSPS) is 13.8. The molecule has 1 heterocycles. The highest BCUT2D eigenvalue weighted by Crippen LogP contribution is 2.34. The molecule has 1 aliphatic rings. The summed E-state index contributed by atoms with van der Waals surface area (Å²) in [6, 6.07) is 5.44. The van der Waals surface area contributed by atoms with Crippen molar-refractivity contribution >= 4 is 29.2 Å². The zero-order valence-corrected chi connectivity index (χ0v) is 18.1. The second-order valence-corrected chi connectivity index (χ2v) is 7.64. The molecule has 0 radical (unpaired) electrons. The Labute approximate surface area is 188 Å². The maximum atomic E-state index is 14.0. The summed E-state index contributed by atoms with van der Waals surface area (Å²) in [5.74, 6) is -5.97. The number of fused-ring (bicyclic) bond motifs is 1. The molecule has 2 aromatic carbocycles. The molecule has 1 aliphatic heterocycles. The van der Waals surface area contributed by atoms with Crippen LogP contribution in [-0.2, 0) is 22.4 Å². The molecule has 0 amide bonds. The van der Waals surface area contributed by atoms with Gasteiger partial charge in [0.1, 0.15) is 0 Å². The van der Waals surface area contributed by atoms with E-state index in [0.717, 1.165) is 43.2 Å². The maximum Gasteiger partial charge on any atom is 0.303 e. The van der Waals surface area contributed by atoms with Crippen LogP contribution in [0.4, 0.5) is 18.9 Å². The van der Waals surface area contributed by atoms with Crippen LogP contribution in [0.1, 0.15) is 42.5 Å². The molecule has 2 aromatic rings. The van der Waals surface area contributed by atoms with Gasteiger partial charge in [0.05, 0.1) is 29.6 Å². The first-order chi connectivity index (χ1) is 15.1. The van der Waals surface area contributed by atoms with E-state index in [1.54, 1.807) is 6.92 Å². The number of benzene rings is 2. The van der Waals surface area contributed by atoms with Crippen molar-refractivity contribution in [3.63, 3.8) is 0 Å². The average molecular weight is 473 g/mol. The highest BCUT2D eigenvalue weighted by atomic mass is 35.5. The van der Waals surface area contributed by atoms with Crippen molar-refractivity contribution in [1.29, 1.82) is 0 Å². The average Bonchev–Trinajstić information content (AvgIpc) is 2.99. The first-order valence-corrected chi connectivity index (χ1v) is 10.3. The number of carboxylic acid groups (broad SMARTS) is 2. The van der Waals surface area contributed by atoms with Gasteiger partial charge in [0.2, 0.25) is 0 Å². The van der Waals surface area contributed by atoms with Crippen LogP contribution in [0.15, 0.2) is 24.3 Å². The largest absolute Gasteiger partial charge is 0.481 e. The highest BCUT2D eigenvalue weighted by Gasteiger charge is 2.21. The van der Waals surface area contributed by atoms with E-state index in [4.69, 9.17) is 21.8 Å². The monoisotopic (exact) mass is 472 g/mol. The summed E-state index contributed by atoms with van der Waals surface area (Å²) in [5.41, 5.74) is 3.07. The predicted molar refractivity (Wildman–Crippen MR) is 115 cm³/mol. The van der Waals surface area contributed by atoms with Gasteiger partial charge < -0.3 is 20.8 Å². The summed E-state index contributed by atoms with van der Waals surface area (Å²) >= 11 is 6.33. The minimum Gasteiger partial charge on any atom is -0.481 e. The Morgan fingerprint density at radius 2 is 1.66 bits per heavy atom. The third-order valence-corrected chi connectivity index (χ3v) is 5.24. The van der Waals surface area contributed by atoms with Crippen molar-refractivity contribution < 1.29 is 33.0 Å². The molecule has 3 rings (SSSR count). The smallest absolute Gasteiger partial charge is 0.303 e. The maximum absolute atomic E-state index is 14.0. The third-order valence-electron chi connectivity index (χ3n) is 4.93. The predicted octanol–water partition coefficient (Wildman–Crippen LogP) is 4.55. The van der Waals surface area contributed by atoms with Crippen molar-refractivity contribution in [3.05, 3.63) is 63.4 Å². The Morgan fingerprint density at radius 1 is 1.03 bits per heavy atom. The van der Waals surface area contributed by atoms with Gasteiger partial charge in [-0.3, -0.25) is 9.59 Å². The van der Waals surface area contributed by atoms with Gasteiger partial charge in [-0.1, -0.05) is 23.7 Å². The van der Waals surface area contributed by atoms with Gasteiger partial charge in [0.25, 0.3) is 0 Å². The second kappa shape index (κ2) is 11.7. The van der Waals surface area contributed by atoms with Gasteiger partial charge in [-0.15, -0.1) is 0 Å². The zero-order chi connectivity index (χ0) is 23.8. The topological polar surface area (TPSA) is 98.7 Å². The first kappa shape index (κ1) is 25.5. The van der Waals surface area contributed by atoms with Crippen LogP contribution < -0.4 is 10.6 Å². The van der Waals surface area contributed by atoms with Crippen LogP contribution >= 0.6 is 11.6 Å². The van der Waals surface area contributed by atoms with Crippen LogP contribution in [0.3, 0.4) is 0 Å². The lowest BCUT2D eigenvalue weighted by Gasteiger charge is -2.21. The molecular formula is C22H24ClF3N2O4. The van der Waals surface area contributed by atoms with E-state index < -0.39 is 35.4 Å². The van der Waals surface area contributed by atoms with Gasteiger partial charge in [-0.25, -0.2) is 13.2 Å². The molecule has 0 bridgehead atoms. The molecule has 10 heteroatoms. The fourth-order valence-corrected chi connectivity index (χ4v) is 3.51. The Kier molecular flexibility index (Phi) is 9.34. The molecule has 0 saturated heterocycles. The molecule has 32 heavy (non-hydrogen) atoms. The minimum absolute atomic E-state index is 0.0642. The number of nitrogens with one attached hydrogen (secondary N) is 2. The van der Waals surface area contributed by atoms with Gasteiger partial charge in [-0.05, 0) is 56.1 Å². The number of anilines is 1. The number of halogens is 4. The Hall–Kier alpha value is -2.78. The van der Waals surface area contributed by atoms with Crippen LogP contribution in [0.5, 0.6) is 0 Å². The van der Waals surface area contributed by atoms with Crippen LogP contribution in [0.2, 0.25) is 5.02 Å². The van der Waals surface area contributed by atoms with Crippen molar-refractivity contribution in [2.75, 3.05) is 18.4 Å². The van der Waals surface area contributed by atoms with Gasteiger partial charge in [0.15, 0.2) is 17.5 Å². The van der Waals surface area contributed by atoms with Gasteiger partial charge in [0, 0.05) is 5.56 Å². The molecule has 174 valence electrons. The molecule has 4 N–H and O–H groups in total. The number of rotatable bonds is 6. The summed E-state index contributed by atoms with van der Waals surface area (Å²) in [7, 11) is 0. The standard InChI is InChI=1S/C18H18ClF3N2.C4H6O4/c1-10(12-3-5-15(20)17(22)16(12)21)24-18-13-7-9-23-8-6-11(13)2-4-14(18)19;5-3(6)1-2-4(7)8/h2-5,10,23-24H,6-9H2,1H3;1-2H2,(H,5,6)(H,7,8). The van der Waals surface area contributed by atoms with E-state index >= 15 is 0 Å². The summed E-state index contributed by atoms with van der Waals surface area (Å²) in [4.78, 5) is 19.3. The molecule has 0 aromatic heterocycles. The Morgan fingerprint density at radius 3 is 2.28 bits per heavy atom. The van der Waals surface area contributed by atoms with Crippen molar-refractivity contribution in [2.24, 2.45) is 0 Å². The molecular weight excluding hydrogens is 449 g/mol. The second-order valence-electron chi connectivity index (χ2n) is 7.23. The highest BCUT2D eigenvalue weighted by molar-refractivity contribution is 6.33. The third kappa shape index (κ3) is 6.86. The van der Waals surface area contributed by atoms with E-state index in [1.165, 1.54) is 11.6 Å². The zero-order valence-electron chi connectivity index (χ0n) is 17.4. The van der Waals surface area contributed by atoms with E-state index in [9.17, 15) is 22.8 Å². The summed E-state index contributed by atoms with van der Waals surface area (Å²) in [6.07, 6.45) is 1.09. The number of hydrogen-bond acceptors (Lipinski definition) is 4. The number of carboxylic acids is 2. The fraction of sp³-hybridized carbons (Fsp3) is 0.364. The van der Waals surface area contributed by atoms with E-state index in [-0.39, 0.29) is 18.4 Å². The number of aliphatic carboxylic acids is 2. The van der Waals surface area contributed by atoms with E-state index in [1.807, 2.05) is 12.1 Å². The minimum atomic E-state index is -1.46. The van der Waals surface area contributed by atoms with Gasteiger partial charge in [-0.2, -0.15) is 0 Å². The Balaban J connectivity index is 0.000000390. The molecule has 0 saturated carbocycles. The molecule has 0 fully saturated rings. The lowest BCUT2D eigenvalue weighted by Crippen LogP contribution is -2.16. The van der Waals surface area contributed by atoms with Crippen molar-refractivity contribution in [2.45, 2.75) is 38.6 Å². The molecule has 0 spiro atoms. The lowest BCUT2D eigenvalue weighted by molar-refractivity contribution is -0.143.